The number of piperidine rings is 1. The lowest BCUT2D eigenvalue weighted by atomic mass is 10.0. The molecule has 4 nitrogen and oxygen atoms in total. The number of halogens is 5. The van der Waals surface area contributed by atoms with Gasteiger partial charge in [-0.25, -0.2) is 18.2 Å². The number of anilines is 1. The molecule has 3 aromatic rings. The fraction of sp³-hybridized carbons (Fsp3) is 0.350. The molecule has 0 amide bonds. The second-order valence-corrected chi connectivity index (χ2v) is 8.14. The van der Waals surface area contributed by atoms with Crippen LogP contribution < -0.4 is 10.6 Å². The van der Waals surface area contributed by atoms with Crippen molar-refractivity contribution in [3.63, 3.8) is 0 Å². The zero-order valence-electron chi connectivity index (χ0n) is 15.5. The van der Waals surface area contributed by atoms with E-state index in [2.05, 4.69) is 4.98 Å². The van der Waals surface area contributed by atoms with Gasteiger partial charge in [0.05, 0.1) is 23.1 Å². The maximum atomic E-state index is 14.1. The number of rotatable bonds is 3. The molecule has 0 unspecified atom stereocenters. The van der Waals surface area contributed by atoms with E-state index in [4.69, 9.17) is 28.9 Å². The summed E-state index contributed by atoms with van der Waals surface area (Å²) >= 11 is 12.5. The van der Waals surface area contributed by atoms with Crippen LogP contribution in [0.3, 0.4) is 0 Å². The van der Waals surface area contributed by atoms with Crippen molar-refractivity contribution in [1.29, 1.82) is 0 Å². The highest BCUT2D eigenvalue weighted by molar-refractivity contribution is 6.33. The summed E-state index contributed by atoms with van der Waals surface area (Å²) in [5.41, 5.74) is 7.31. The molecule has 1 saturated heterocycles. The smallest absolute Gasteiger partial charge is 0.207 e. The molecule has 2 aromatic carbocycles. The van der Waals surface area contributed by atoms with Gasteiger partial charge in [-0.3, -0.25) is 0 Å². The monoisotopic (exact) mass is 442 g/mol. The van der Waals surface area contributed by atoms with Gasteiger partial charge in [-0.2, -0.15) is 0 Å². The van der Waals surface area contributed by atoms with E-state index in [1.54, 1.807) is 22.8 Å². The largest absolute Gasteiger partial charge is 0.340 e. The van der Waals surface area contributed by atoms with E-state index in [1.165, 1.54) is 0 Å². The number of nitrogens with zero attached hydrogens (tertiary/aromatic N) is 3. The average molecular weight is 443 g/mol. The van der Waals surface area contributed by atoms with Crippen molar-refractivity contribution in [3.05, 3.63) is 57.6 Å². The Morgan fingerprint density at radius 3 is 2.62 bits per heavy atom. The van der Waals surface area contributed by atoms with E-state index >= 15 is 0 Å². The first-order chi connectivity index (χ1) is 13.8. The Morgan fingerprint density at radius 2 is 1.90 bits per heavy atom. The third-order valence-corrected chi connectivity index (χ3v) is 5.94. The lowest BCUT2D eigenvalue weighted by Crippen LogP contribution is -2.50. The van der Waals surface area contributed by atoms with Crippen molar-refractivity contribution < 1.29 is 13.2 Å². The van der Waals surface area contributed by atoms with Gasteiger partial charge in [0.1, 0.15) is 6.17 Å². The molecule has 154 valence electrons. The summed E-state index contributed by atoms with van der Waals surface area (Å²) in [6.45, 7) is 2.50. The van der Waals surface area contributed by atoms with Gasteiger partial charge in [0, 0.05) is 35.3 Å². The van der Waals surface area contributed by atoms with Crippen molar-refractivity contribution >= 4 is 40.2 Å². The molecule has 0 bridgehead atoms. The molecular formula is C20H19Cl2F3N4. The van der Waals surface area contributed by atoms with Crippen molar-refractivity contribution in [2.45, 2.75) is 31.6 Å². The first-order valence-electron chi connectivity index (χ1n) is 9.22. The minimum Gasteiger partial charge on any atom is -0.340 e. The lowest BCUT2D eigenvalue weighted by Gasteiger charge is -2.35. The SMILES string of the molecule is C[C@@H](c1cc(Cl)ccc1Cl)n1c(N2CC[C@@H](F)[C@H](N)C2)nc2cc(F)c(F)cc21. The van der Waals surface area contributed by atoms with Gasteiger partial charge in [0.15, 0.2) is 11.6 Å². The highest BCUT2D eigenvalue weighted by Crippen LogP contribution is 2.36. The standard InChI is InChI=1S/C20H19Cl2F3N4/c1-10(12-6-11(21)2-3-13(12)22)29-19-8-16(25)15(24)7-18(19)27-20(29)28-5-4-14(23)17(26)9-28/h2-3,6-8,10,14,17H,4-5,9,26H2,1H3/t10-,14+,17+/m0/s1. The zero-order chi connectivity index (χ0) is 20.9. The van der Waals surface area contributed by atoms with Crippen molar-refractivity contribution in [1.82, 2.24) is 9.55 Å². The van der Waals surface area contributed by atoms with Crippen LogP contribution in [0.25, 0.3) is 11.0 Å². The number of alkyl halides is 1. The van der Waals surface area contributed by atoms with Crippen molar-refractivity contribution in [3.8, 4) is 0 Å². The number of aromatic nitrogens is 2. The number of hydrogen-bond donors (Lipinski definition) is 1. The minimum absolute atomic E-state index is 0.242. The number of hydrogen-bond acceptors (Lipinski definition) is 3. The Morgan fingerprint density at radius 1 is 1.17 bits per heavy atom. The highest BCUT2D eigenvalue weighted by Gasteiger charge is 2.31. The normalized spacial score (nSPS) is 21.0. The number of nitrogens with two attached hydrogens (primary N) is 1. The van der Waals surface area contributed by atoms with Gasteiger partial charge in [-0.15, -0.1) is 0 Å². The molecule has 9 heteroatoms. The Balaban J connectivity index is 1.90. The molecule has 1 aromatic heterocycles. The predicted octanol–water partition coefficient (Wildman–Crippen LogP) is 5.11. The van der Waals surface area contributed by atoms with Crippen LogP contribution in [-0.2, 0) is 0 Å². The lowest BCUT2D eigenvalue weighted by molar-refractivity contribution is 0.243. The summed E-state index contributed by atoms with van der Waals surface area (Å²) in [6.07, 6.45) is -0.849. The van der Waals surface area contributed by atoms with Crippen LogP contribution in [0.1, 0.15) is 24.9 Å². The van der Waals surface area contributed by atoms with E-state index in [0.29, 0.717) is 39.1 Å². The van der Waals surface area contributed by atoms with Gasteiger partial charge in [0.2, 0.25) is 5.95 Å². The van der Waals surface area contributed by atoms with E-state index < -0.39 is 29.9 Å². The predicted molar refractivity (Wildman–Crippen MR) is 110 cm³/mol. The molecule has 4 rings (SSSR count). The van der Waals surface area contributed by atoms with Gasteiger partial charge >= 0.3 is 0 Å². The topological polar surface area (TPSA) is 47.1 Å². The first-order valence-corrected chi connectivity index (χ1v) is 9.98. The molecule has 3 atom stereocenters. The van der Waals surface area contributed by atoms with Crippen LogP contribution >= 0.6 is 23.2 Å². The van der Waals surface area contributed by atoms with Crippen LogP contribution in [0.15, 0.2) is 30.3 Å². The third-order valence-electron chi connectivity index (χ3n) is 5.36. The van der Waals surface area contributed by atoms with E-state index in [1.807, 2.05) is 11.8 Å². The van der Waals surface area contributed by atoms with Crippen molar-refractivity contribution in [2.75, 3.05) is 18.0 Å². The molecule has 1 fully saturated rings. The molecule has 2 heterocycles. The summed E-state index contributed by atoms with van der Waals surface area (Å²) < 4.78 is 43.5. The van der Waals surface area contributed by atoms with Gasteiger partial charge in [0.25, 0.3) is 0 Å². The fourth-order valence-corrected chi connectivity index (χ4v) is 4.25. The summed E-state index contributed by atoms with van der Waals surface area (Å²) in [5.74, 6) is -1.51. The molecule has 0 radical (unpaired) electrons. The van der Waals surface area contributed by atoms with Gasteiger partial charge in [-0.1, -0.05) is 23.2 Å². The van der Waals surface area contributed by atoms with Gasteiger partial charge in [-0.05, 0) is 37.1 Å². The number of benzene rings is 2. The minimum atomic E-state index is -1.10. The van der Waals surface area contributed by atoms with Crippen LogP contribution in [0.5, 0.6) is 0 Å². The molecule has 0 aliphatic carbocycles. The van der Waals surface area contributed by atoms with E-state index in [-0.39, 0.29) is 13.0 Å². The highest BCUT2D eigenvalue weighted by atomic mass is 35.5. The van der Waals surface area contributed by atoms with Gasteiger partial charge < -0.3 is 15.2 Å². The number of imidazole rings is 1. The fourth-order valence-electron chi connectivity index (χ4n) is 3.79. The number of fused-ring (bicyclic) bond motifs is 1. The Labute approximate surface area is 176 Å². The Kier molecular flexibility index (Phi) is 5.40. The van der Waals surface area contributed by atoms with E-state index in [9.17, 15) is 13.2 Å². The zero-order valence-corrected chi connectivity index (χ0v) is 17.1. The van der Waals surface area contributed by atoms with Crippen molar-refractivity contribution in [2.24, 2.45) is 5.73 Å². The molecular weight excluding hydrogens is 424 g/mol. The summed E-state index contributed by atoms with van der Waals surface area (Å²) in [6, 6.07) is 6.17. The van der Waals surface area contributed by atoms with Crippen LogP contribution in [-0.4, -0.2) is 34.9 Å². The molecule has 0 saturated carbocycles. The van der Waals surface area contributed by atoms with E-state index in [0.717, 1.165) is 12.1 Å². The molecule has 2 N–H and O–H groups in total. The molecule has 0 spiro atoms. The van der Waals surface area contributed by atoms with Crippen LogP contribution in [0, 0.1) is 11.6 Å². The summed E-state index contributed by atoms with van der Waals surface area (Å²) in [5, 5.41) is 0.983. The molecule has 1 aliphatic rings. The average Bonchev–Trinajstić information content (AvgIpc) is 3.04. The summed E-state index contributed by atoms with van der Waals surface area (Å²) in [7, 11) is 0. The van der Waals surface area contributed by atoms with Crippen LogP contribution in [0.4, 0.5) is 19.1 Å². The quantitative estimate of drug-likeness (QED) is 0.613. The maximum Gasteiger partial charge on any atom is 0.207 e. The third kappa shape index (κ3) is 3.67. The van der Waals surface area contributed by atoms with Crippen LogP contribution in [0.2, 0.25) is 10.0 Å². The summed E-state index contributed by atoms with van der Waals surface area (Å²) in [4.78, 5) is 6.36. The Bertz CT molecular complexity index is 1070. The second kappa shape index (κ2) is 7.70. The maximum absolute atomic E-state index is 14.1. The Hall–Kier alpha value is -1.96. The molecule has 1 aliphatic heterocycles. The first kappa shape index (κ1) is 20.3. The molecule has 29 heavy (non-hydrogen) atoms. The second-order valence-electron chi connectivity index (χ2n) is 7.29.